The maximum absolute atomic E-state index is 14.6. The number of ketones is 2. The zero-order chi connectivity index (χ0) is 49.4. The Morgan fingerprint density at radius 3 is 2.34 bits per heavy atom. The van der Waals surface area contributed by atoms with Crippen LogP contribution in [0.1, 0.15) is 123 Å². The number of thiophene rings is 1. The van der Waals surface area contributed by atoms with E-state index < -0.39 is 83.9 Å². The molecule has 3 aliphatic heterocycles. The van der Waals surface area contributed by atoms with Gasteiger partial charge in [-0.1, -0.05) is 63.6 Å². The molecule has 14 nitrogen and oxygen atoms in total. The molecule has 15 heteroatoms. The van der Waals surface area contributed by atoms with E-state index in [0.29, 0.717) is 56.9 Å². The van der Waals surface area contributed by atoms with Crippen LogP contribution in [0.15, 0.2) is 53.6 Å². The van der Waals surface area contributed by atoms with E-state index in [1.54, 1.807) is 32.3 Å². The predicted molar refractivity (Wildman–Crippen MR) is 259 cm³/mol. The van der Waals surface area contributed by atoms with Crippen LogP contribution in [0.4, 0.5) is 0 Å². The molecule has 1 saturated carbocycles. The molecule has 6 rings (SSSR count). The van der Waals surface area contributed by atoms with Crippen molar-refractivity contribution in [3.8, 4) is 0 Å². The average molecular weight is 968 g/mol. The number of allylic oxidation sites excluding steroid dienone is 3. The Labute approximate surface area is 406 Å². The lowest BCUT2D eigenvalue weighted by atomic mass is 9.81. The molecule has 1 amide bonds. The number of hydrogen-bond donors (Lipinski definition) is 3. The zero-order valence-corrected chi connectivity index (χ0v) is 42.4. The van der Waals surface area contributed by atoms with Gasteiger partial charge in [-0.15, -0.1) is 11.3 Å². The van der Waals surface area contributed by atoms with Crippen molar-refractivity contribution in [2.24, 2.45) is 29.6 Å². The van der Waals surface area contributed by atoms with E-state index in [2.05, 4.69) is 6.92 Å². The smallest absolute Gasteiger partial charge is 0.329 e. The summed E-state index contributed by atoms with van der Waals surface area (Å²) in [5, 5.41) is 36.1. The quantitative estimate of drug-likeness (QED) is 0.121. The first-order chi connectivity index (χ1) is 32.4. The van der Waals surface area contributed by atoms with Crippen molar-refractivity contribution >= 4 is 44.9 Å². The van der Waals surface area contributed by atoms with Crippen LogP contribution < -0.4 is 0 Å². The molecule has 2 bridgehead atoms. The number of aliphatic hydroxyl groups is 3. The number of amides is 1. The van der Waals surface area contributed by atoms with E-state index in [4.69, 9.17) is 28.4 Å². The minimum atomic E-state index is -2.52. The zero-order valence-electron chi connectivity index (χ0n) is 41.6. The SMILES string of the molecule is CC[C@@H]1/C=C(\C)C[C@H](C)C[C@H](OC)[C@H]2O[C@@](O)(C(=O)C(=O)N3CCCC[C@H]3C(=O)O[C@H](/C(C)=C/C3CC[C@@H](OC[C@H](O)c4cc5ccccc5s4)[C@H](OC)C3)[C@H](C)[C@H](O)CC1=O)[C@H](C)C[C@@H]2OC. The number of aliphatic hydroxyl groups excluding tert-OH is 2. The van der Waals surface area contributed by atoms with Crippen LogP contribution in [0, 0.1) is 29.6 Å². The lowest BCUT2D eigenvalue weighted by Crippen LogP contribution is -2.64. The molecular weight excluding hydrogens is 891 g/mol. The normalized spacial score (nSPS) is 36.9. The highest BCUT2D eigenvalue weighted by Gasteiger charge is 2.56. The van der Waals surface area contributed by atoms with Crippen LogP contribution in [-0.4, -0.2) is 133 Å². The first-order valence-electron chi connectivity index (χ1n) is 24.8. The Bertz CT molecular complexity index is 2070. The van der Waals surface area contributed by atoms with Crippen LogP contribution in [0.25, 0.3) is 10.1 Å². The van der Waals surface area contributed by atoms with Crippen LogP contribution in [0.3, 0.4) is 0 Å². The number of rotatable bonds is 10. The Morgan fingerprint density at radius 2 is 1.65 bits per heavy atom. The molecule has 4 heterocycles. The second-order valence-electron chi connectivity index (χ2n) is 20.2. The van der Waals surface area contributed by atoms with E-state index in [1.807, 2.05) is 63.3 Å². The van der Waals surface area contributed by atoms with Crippen molar-refractivity contribution in [1.82, 2.24) is 4.90 Å². The van der Waals surface area contributed by atoms with Gasteiger partial charge in [0.15, 0.2) is 0 Å². The maximum Gasteiger partial charge on any atom is 0.329 e. The van der Waals surface area contributed by atoms with Gasteiger partial charge in [0.25, 0.3) is 11.7 Å². The second-order valence-corrected chi connectivity index (χ2v) is 21.3. The molecule has 378 valence electrons. The van der Waals surface area contributed by atoms with Gasteiger partial charge in [-0.3, -0.25) is 14.4 Å². The molecule has 2 aromatic rings. The van der Waals surface area contributed by atoms with Crippen LogP contribution in [-0.2, 0) is 47.6 Å². The summed E-state index contributed by atoms with van der Waals surface area (Å²) in [6, 6.07) is 8.85. The summed E-state index contributed by atoms with van der Waals surface area (Å²) in [6.45, 7) is 11.4. The fourth-order valence-electron chi connectivity index (χ4n) is 11.0. The third-order valence-corrected chi connectivity index (χ3v) is 16.3. The van der Waals surface area contributed by atoms with E-state index in [-0.39, 0.29) is 62.2 Å². The predicted octanol–water partition coefficient (Wildman–Crippen LogP) is 7.45. The fourth-order valence-corrected chi connectivity index (χ4v) is 12.1. The summed E-state index contributed by atoms with van der Waals surface area (Å²) < 4.78 is 37.8. The van der Waals surface area contributed by atoms with Gasteiger partial charge in [0.2, 0.25) is 5.79 Å². The molecule has 15 atom stereocenters. The number of Topliss-reactive ketones (excluding diaryl/α,β-unsaturated/α-hetero) is 2. The van der Waals surface area contributed by atoms with Crippen LogP contribution >= 0.6 is 11.3 Å². The van der Waals surface area contributed by atoms with Gasteiger partial charge in [-0.25, -0.2) is 4.79 Å². The Kier molecular flexibility index (Phi) is 19.2. The van der Waals surface area contributed by atoms with E-state index >= 15 is 0 Å². The topological polar surface area (TPSA) is 188 Å². The summed E-state index contributed by atoms with van der Waals surface area (Å²) in [4.78, 5) is 59.3. The fraction of sp³-hybridized carbons (Fsp3) is 0.698. The molecule has 0 radical (unpaired) electrons. The number of esters is 1. The molecule has 1 aliphatic carbocycles. The highest BCUT2D eigenvalue weighted by Crippen LogP contribution is 2.40. The molecule has 68 heavy (non-hydrogen) atoms. The summed E-state index contributed by atoms with van der Waals surface area (Å²) in [7, 11) is 4.71. The van der Waals surface area contributed by atoms with E-state index in [9.17, 15) is 34.5 Å². The molecule has 1 aromatic heterocycles. The number of nitrogens with zero attached hydrogens (tertiary/aromatic N) is 1. The number of piperidine rings is 1. The highest BCUT2D eigenvalue weighted by atomic mass is 32.1. The molecule has 2 saturated heterocycles. The Morgan fingerprint density at radius 1 is 0.941 bits per heavy atom. The molecular formula is C53H77NO13S. The summed E-state index contributed by atoms with van der Waals surface area (Å²) in [5.41, 5.74) is 1.66. The highest BCUT2D eigenvalue weighted by molar-refractivity contribution is 7.19. The van der Waals surface area contributed by atoms with Gasteiger partial charge in [-0.05, 0) is 113 Å². The van der Waals surface area contributed by atoms with Crippen LogP contribution in [0.2, 0.25) is 0 Å². The first-order valence-corrected chi connectivity index (χ1v) is 25.6. The standard InChI is InChI=1S/C53H77NO13S/c1-10-36-22-30(2)21-31(3)23-44(63-8)49-45(64-9)25-33(5)53(61,67-49)50(58)51(59)54-20-14-13-16-38(54)52(60)66-48(34(6)39(55)28-40(36)56)32(4)24-35-18-19-42(43(26-35)62-7)65-29-41(57)47-27-37-15-11-12-17-46(37)68-47/h11-12,15,17,22,24,27,31,33-36,38-39,41-45,48-49,55,57,61H,10,13-14,16,18-21,23,25-26,28-29H2,1-9H3/b30-22+,32-24+/t31-,33+,34+,35?,36+,38-,39+,41-,42+,43+,44-,45-,48+,49+,53+/m0/s1. The van der Waals surface area contributed by atoms with Crippen molar-refractivity contribution in [1.29, 1.82) is 0 Å². The van der Waals surface area contributed by atoms with Gasteiger partial charge in [0.05, 0.1) is 37.1 Å². The van der Waals surface area contributed by atoms with Crippen molar-refractivity contribution in [2.75, 3.05) is 34.5 Å². The van der Waals surface area contributed by atoms with Gasteiger partial charge in [0.1, 0.15) is 30.1 Å². The first kappa shape index (κ1) is 54.0. The third kappa shape index (κ3) is 12.6. The Balaban J connectivity index is 1.27. The number of methoxy groups -OCH3 is 3. The lowest BCUT2D eigenvalue weighted by Gasteiger charge is -2.47. The van der Waals surface area contributed by atoms with Gasteiger partial charge in [0, 0.05) is 61.6 Å². The van der Waals surface area contributed by atoms with E-state index in [1.165, 1.54) is 19.1 Å². The number of cyclic esters (lactones) is 1. The number of benzene rings is 1. The second kappa shape index (κ2) is 24.2. The molecule has 0 spiro atoms. The minimum absolute atomic E-state index is 0.0227. The Hall–Kier alpha value is -3.38. The number of ether oxygens (including phenoxy) is 6. The van der Waals surface area contributed by atoms with Crippen molar-refractivity contribution in [3.63, 3.8) is 0 Å². The molecule has 3 N–H and O–H groups in total. The number of fused-ring (bicyclic) bond motifs is 4. The molecule has 1 unspecified atom stereocenters. The molecule has 1 aromatic carbocycles. The lowest BCUT2D eigenvalue weighted by molar-refractivity contribution is -0.302. The van der Waals surface area contributed by atoms with Crippen molar-refractivity contribution in [2.45, 2.75) is 173 Å². The molecule has 3 fully saturated rings. The van der Waals surface area contributed by atoms with Crippen molar-refractivity contribution in [3.05, 3.63) is 58.5 Å². The van der Waals surface area contributed by atoms with Gasteiger partial charge < -0.3 is 48.6 Å². The molecule has 4 aliphatic rings. The minimum Gasteiger partial charge on any atom is -0.456 e. The largest absolute Gasteiger partial charge is 0.456 e. The van der Waals surface area contributed by atoms with Crippen molar-refractivity contribution < 1.29 is 62.9 Å². The number of carbonyl (C=O) groups excluding carboxylic acids is 4. The number of carbonyl (C=O) groups is 4. The number of hydrogen-bond acceptors (Lipinski definition) is 14. The third-order valence-electron chi connectivity index (χ3n) is 15.1. The summed E-state index contributed by atoms with van der Waals surface area (Å²) in [6.07, 6.45) is 3.38. The average Bonchev–Trinajstić information content (AvgIpc) is 3.78. The van der Waals surface area contributed by atoms with Gasteiger partial charge >= 0.3 is 5.97 Å². The summed E-state index contributed by atoms with van der Waals surface area (Å²) >= 11 is 1.55. The summed E-state index contributed by atoms with van der Waals surface area (Å²) in [5.74, 6) is -7.63. The van der Waals surface area contributed by atoms with E-state index in [0.717, 1.165) is 20.5 Å². The maximum atomic E-state index is 14.6. The van der Waals surface area contributed by atoms with Gasteiger partial charge in [-0.2, -0.15) is 0 Å². The monoisotopic (exact) mass is 968 g/mol. The van der Waals surface area contributed by atoms with Crippen LogP contribution in [0.5, 0.6) is 0 Å².